The Labute approximate surface area is 185 Å². The van der Waals surface area contributed by atoms with E-state index in [-0.39, 0.29) is 12.1 Å². The van der Waals surface area contributed by atoms with Crippen LogP contribution in [-0.4, -0.2) is 56.7 Å². The van der Waals surface area contributed by atoms with Gasteiger partial charge in [0.05, 0.1) is 18.4 Å². The molecule has 168 valence electrons. The van der Waals surface area contributed by atoms with Gasteiger partial charge in [0.15, 0.2) is 5.82 Å². The van der Waals surface area contributed by atoms with Gasteiger partial charge in [-0.2, -0.15) is 5.10 Å². The molecule has 2 heterocycles. The van der Waals surface area contributed by atoms with Gasteiger partial charge in [-0.15, -0.1) is 5.10 Å². The lowest BCUT2D eigenvalue weighted by Gasteiger charge is -2.39. The van der Waals surface area contributed by atoms with Gasteiger partial charge >= 0.3 is 0 Å². The minimum absolute atomic E-state index is 0.211. The van der Waals surface area contributed by atoms with Crippen molar-refractivity contribution in [3.8, 4) is 0 Å². The Balaban J connectivity index is 1.34. The summed E-state index contributed by atoms with van der Waals surface area (Å²) in [6.45, 7) is 1.99. The van der Waals surface area contributed by atoms with Crippen molar-refractivity contribution >= 4 is 15.8 Å². The van der Waals surface area contributed by atoms with Gasteiger partial charge in [-0.3, -0.25) is 0 Å². The average molecular weight is 445 g/mol. The van der Waals surface area contributed by atoms with Gasteiger partial charge in [0, 0.05) is 25.9 Å². The fraction of sp³-hybridized carbons (Fsp3) is 0.565. The van der Waals surface area contributed by atoms with Crippen molar-refractivity contribution < 1.29 is 13.2 Å². The molecule has 0 amide bonds. The largest absolute Gasteiger partial charge is 0.374 e. The first kappa shape index (κ1) is 22.2. The van der Waals surface area contributed by atoms with Crippen molar-refractivity contribution in [2.24, 2.45) is 5.92 Å². The molecule has 1 aromatic heterocycles. The second kappa shape index (κ2) is 10.1. The molecular weight excluding hydrogens is 412 g/mol. The summed E-state index contributed by atoms with van der Waals surface area (Å²) in [4.78, 5) is 2.13. The molecule has 2 aromatic rings. The van der Waals surface area contributed by atoms with Crippen molar-refractivity contribution in [3.05, 3.63) is 54.2 Å². The quantitative estimate of drug-likeness (QED) is 0.707. The zero-order valence-electron chi connectivity index (χ0n) is 18.1. The van der Waals surface area contributed by atoms with Crippen LogP contribution in [0.4, 0.5) is 5.82 Å². The third-order valence-corrected chi connectivity index (χ3v) is 7.20. The van der Waals surface area contributed by atoms with Crippen LogP contribution in [0.15, 0.2) is 48.7 Å². The van der Waals surface area contributed by atoms with E-state index in [2.05, 4.69) is 50.2 Å². The lowest BCUT2D eigenvalue weighted by atomic mass is 9.79. The molecule has 8 heteroatoms. The molecule has 2 atom stereocenters. The van der Waals surface area contributed by atoms with Crippen molar-refractivity contribution in [3.63, 3.8) is 0 Å². The Morgan fingerprint density at radius 3 is 2.52 bits per heavy atom. The summed E-state index contributed by atoms with van der Waals surface area (Å²) >= 11 is 0. The zero-order valence-corrected chi connectivity index (χ0v) is 18.9. The van der Waals surface area contributed by atoms with Crippen LogP contribution in [0.5, 0.6) is 0 Å². The fourth-order valence-electron chi connectivity index (χ4n) is 4.81. The van der Waals surface area contributed by atoms with Crippen molar-refractivity contribution in [1.29, 1.82) is 0 Å². The molecule has 1 aromatic carbocycles. The maximum atomic E-state index is 11.9. The summed E-state index contributed by atoms with van der Waals surface area (Å²) in [7, 11) is -3.30. The summed E-state index contributed by atoms with van der Waals surface area (Å²) in [5.41, 5.74) is 1.44. The highest BCUT2D eigenvalue weighted by molar-refractivity contribution is 7.88. The number of hydrogen-bond donors (Lipinski definition) is 1. The highest BCUT2D eigenvalue weighted by Gasteiger charge is 2.33. The molecule has 1 N–H and O–H groups in total. The molecule has 1 saturated carbocycles. The predicted molar refractivity (Wildman–Crippen MR) is 122 cm³/mol. The number of piperidine rings is 1. The van der Waals surface area contributed by atoms with Crippen LogP contribution in [0.1, 0.15) is 43.6 Å². The number of nitrogens with zero attached hydrogens (tertiary/aromatic N) is 3. The Bertz CT molecular complexity index is 918. The third kappa shape index (κ3) is 6.24. The molecule has 4 rings (SSSR count). The molecule has 2 fully saturated rings. The zero-order chi connectivity index (χ0) is 21.7. The van der Waals surface area contributed by atoms with E-state index in [1.165, 1.54) is 24.7 Å². The third-order valence-electron chi connectivity index (χ3n) is 6.47. The van der Waals surface area contributed by atoms with E-state index < -0.39 is 10.0 Å². The number of anilines is 1. The number of rotatable bonds is 7. The van der Waals surface area contributed by atoms with Gasteiger partial charge in [0.1, 0.15) is 0 Å². The maximum Gasteiger partial charge on any atom is 0.209 e. The number of hydrogen-bond acceptors (Lipinski definition) is 6. The van der Waals surface area contributed by atoms with Gasteiger partial charge in [-0.1, -0.05) is 30.3 Å². The molecule has 1 aliphatic heterocycles. The summed E-state index contributed by atoms with van der Waals surface area (Å²) in [5.74, 6) is 1.96. The maximum absolute atomic E-state index is 11.9. The average Bonchev–Trinajstić information content (AvgIpc) is 2.79. The number of ether oxygens (including phenoxy) is 1. The first-order valence-electron chi connectivity index (χ1n) is 11.1. The summed E-state index contributed by atoms with van der Waals surface area (Å²) in [5, 5.41) is 8.18. The topological polar surface area (TPSA) is 84.4 Å². The molecule has 0 bridgehead atoms. The molecule has 31 heavy (non-hydrogen) atoms. The smallest absolute Gasteiger partial charge is 0.209 e. The van der Waals surface area contributed by atoms with Crippen LogP contribution < -0.4 is 9.62 Å². The first-order valence-corrected chi connectivity index (χ1v) is 13.0. The standard InChI is InChI=1S/C23H32N4O3S/c1-31(28,29)26-21-13-15-27(23-8-5-14-24-25-23)16-22(21)30-17-18-9-11-20(12-10-18)19-6-3-2-4-7-19/h2-8,14,18,20-22,26H,9-13,15-17H2,1H3/t18?,20?,21-,22+/m1/s1. The van der Waals surface area contributed by atoms with E-state index in [4.69, 9.17) is 4.74 Å². The highest BCUT2D eigenvalue weighted by Crippen LogP contribution is 2.36. The van der Waals surface area contributed by atoms with Crippen LogP contribution in [0.3, 0.4) is 0 Å². The second-order valence-electron chi connectivity index (χ2n) is 8.81. The molecular formula is C23H32N4O3S. The van der Waals surface area contributed by atoms with Crippen molar-refractivity contribution in [1.82, 2.24) is 14.9 Å². The Morgan fingerprint density at radius 1 is 1.06 bits per heavy atom. The predicted octanol–water partition coefficient (Wildman–Crippen LogP) is 2.96. The monoisotopic (exact) mass is 444 g/mol. The molecule has 1 aliphatic carbocycles. The fourth-order valence-corrected chi connectivity index (χ4v) is 5.63. The Kier molecular flexibility index (Phi) is 7.20. The van der Waals surface area contributed by atoms with Crippen LogP contribution >= 0.6 is 0 Å². The lowest BCUT2D eigenvalue weighted by molar-refractivity contribution is -0.00130. The van der Waals surface area contributed by atoms with Crippen LogP contribution in [0, 0.1) is 5.92 Å². The highest BCUT2D eigenvalue weighted by atomic mass is 32.2. The van der Waals surface area contributed by atoms with E-state index in [9.17, 15) is 8.42 Å². The Hall–Kier alpha value is -2.03. The molecule has 0 radical (unpaired) electrons. The normalized spacial score (nSPS) is 27.2. The van der Waals surface area contributed by atoms with Gasteiger partial charge in [-0.25, -0.2) is 13.1 Å². The molecule has 0 unspecified atom stereocenters. The number of aromatic nitrogens is 2. The van der Waals surface area contributed by atoms with Gasteiger partial charge in [0.25, 0.3) is 0 Å². The van der Waals surface area contributed by atoms with Crippen LogP contribution in [0.2, 0.25) is 0 Å². The molecule has 7 nitrogen and oxygen atoms in total. The molecule has 1 saturated heterocycles. The van der Waals surface area contributed by atoms with E-state index in [0.717, 1.165) is 18.7 Å². The SMILES string of the molecule is CS(=O)(=O)N[C@@H]1CCN(c2cccnn2)C[C@@H]1OCC1CCC(c2ccccc2)CC1. The van der Waals surface area contributed by atoms with E-state index >= 15 is 0 Å². The summed E-state index contributed by atoms with van der Waals surface area (Å²) < 4.78 is 32.9. The van der Waals surface area contributed by atoms with Crippen molar-refractivity contribution in [2.75, 3.05) is 30.9 Å². The Morgan fingerprint density at radius 2 is 1.84 bits per heavy atom. The minimum Gasteiger partial charge on any atom is -0.374 e. The first-order chi connectivity index (χ1) is 15.0. The van der Waals surface area contributed by atoms with Crippen molar-refractivity contribution in [2.45, 2.75) is 50.2 Å². The lowest BCUT2D eigenvalue weighted by Crippen LogP contribution is -2.55. The van der Waals surface area contributed by atoms with Gasteiger partial charge in [-0.05, 0) is 61.6 Å². The number of sulfonamides is 1. The van der Waals surface area contributed by atoms with Crippen LogP contribution in [-0.2, 0) is 14.8 Å². The summed E-state index contributed by atoms with van der Waals surface area (Å²) in [6, 6.07) is 14.3. The summed E-state index contributed by atoms with van der Waals surface area (Å²) in [6.07, 6.45) is 7.98. The number of nitrogens with one attached hydrogen (secondary N) is 1. The number of benzene rings is 1. The molecule has 0 spiro atoms. The minimum atomic E-state index is -3.30. The van der Waals surface area contributed by atoms with E-state index in [1.807, 2.05) is 12.1 Å². The van der Waals surface area contributed by atoms with Gasteiger partial charge < -0.3 is 9.64 Å². The van der Waals surface area contributed by atoms with Crippen LogP contribution in [0.25, 0.3) is 0 Å². The second-order valence-corrected chi connectivity index (χ2v) is 10.6. The van der Waals surface area contributed by atoms with E-state index in [0.29, 0.717) is 38.0 Å². The van der Waals surface area contributed by atoms with E-state index in [1.54, 1.807) is 6.20 Å². The molecule has 2 aliphatic rings. The van der Waals surface area contributed by atoms with Gasteiger partial charge in [0.2, 0.25) is 10.0 Å².